The summed E-state index contributed by atoms with van der Waals surface area (Å²) in [5, 5.41) is 0.539. The monoisotopic (exact) mass is 341 g/mol. The van der Waals surface area contributed by atoms with Gasteiger partial charge in [0.25, 0.3) is 0 Å². The van der Waals surface area contributed by atoms with Crippen molar-refractivity contribution >= 4 is 45.9 Å². The van der Waals surface area contributed by atoms with Crippen molar-refractivity contribution in [2.45, 2.75) is 18.9 Å². The van der Waals surface area contributed by atoms with Crippen LogP contribution in [0.2, 0.25) is 5.02 Å². The Labute approximate surface area is 120 Å². The summed E-state index contributed by atoms with van der Waals surface area (Å²) in [6.45, 7) is 1.75. The van der Waals surface area contributed by atoms with Gasteiger partial charge >= 0.3 is 5.97 Å². The maximum atomic E-state index is 11.2. The van der Waals surface area contributed by atoms with Crippen LogP contribution in [0, 0.1) is 0 Å². The van der Waals surface area contributed by atoms with Gasteiger partial charge in [-0.15, -0.1) is 12.4 Å². The smallest absolute Gasteiger partial charge is 0.307 e. The molecule has 0 aliphatic rings. The summed E-state index contributed by atoms with van der Waals surface area (Å²) in [5.41, 5.74) is 5.96. The molecule has 0 heterocycles. The predicted molar refractivity (Wildman–Crippen MR) is 74.6 cm³/mol. The summed E-state index contributed by atoms with van der Waals surface area (Å²) < 4.78 is 5.47. The van der Waals surface area contributed by atoms with Crippen LogP contribution in [0.1, 0.15) is 18.9 Å². The van der Waals surface area contributed by atoms with Crippen molar-refractivity contribution in [2.24, 2.45) is 5.73 Å². The van der Waals surface area contributed by atoms with E-state index in [4.69, 9.17) is 17.3 Å². The van der Waals surface area contributed by atoms with Crippen LogP contribution in [0.3, 0.4) is 0 Å². The second kappa shape index (κ2) is 6.59. The van der Waals surface area contributed by atoms with Gasteiger partial charge in [-0.2, -0.15) is 0 Å². The van der Waals surface area contributed by atoms with Crippen LogP contribution in [0.5, 0.6) is 0 Å². The number of halogens is 3. The van der Waals surface area contributed by atoms with Crippen LogP contribution >= 0.6 is 39.9 Å². The highest BCUT2D eigenvalue weighted by Gasteiger charge is 2.27. The van der Waals surface area contributed by atoms with Crippen molar-refractivity contribution in [1.29, 1.82) is 0 Å². The second-order valence-corrected chi connectivity index (χ2v) is 5.12. The van der Waals surface area contributed by atoms with Gasteiger partial charge in [-0.1, -0.05) is 27.5 Å². The molecule has 0 fully saturated rings. The number of nitrogens with two attached hydrogens (primary N) is 1. The molecule has 96 valence electrons. The Morgan fingerprint density at radius 1 is 1.59 bits per heavy atom. The van der Waals surface area contributed by atoms with E-state index in [1.165, 1.54) is 7.11 Å². The van der Waals surface area contributed by atoms with E-state index in [0.29, 0.717) is 10.6 Å². The summed E-state index contributed by atoms with van der Waals surface area (Å²) >= 11 is 9.40. The third-order valence-corrected chi connectivity index (χ3v) is 3.11. The lowest BCUT2D eigenvalue weighted by Crippen LogP contribution is -2.36. The van der Waals surface area contributed by atoms with E-state index >= 15 is 0 Å². The van der Waals surface area contributed by atoms with Gasteiger partial charge in [0.05, 0.1) is 19.1 Å². The minimum absolute atomic E-state index is 0. The molecule has 0 saturated heterocycles. The summed E-state index contributed by atoms with van der Waals surface area (Å²) in [6.07, 6.45) is 0.0830. The van der Waals surface area contributed by atoms with Gasteiger partial charge in [-0.25, -0.2) is 0 Å². The largest absolute Gasteiger partial charge is 0.469 e. The minimum Gasteiger partial charge on any atom is -0.469 e. The molecule has 0 aliphatic carbocycles. The van der Waals surface area contributed by atoms with E-state index in [1.807, 2.05) is 12.1 Å². The summed E-state index contributed by atoms with van der Waals surface area (Å²) in [5.74, 6) is -0.360. The van der Waals surface area contributed by atoms with Crippen molar-refractivity contribution in [3.8, 4) is 0 Å². The first-order valence-electron chi connectivity index (χ1n) is 4.68. The topological polar surface area (TPSA) is 52.3 Å². The van der Waals surface area contributed by atoms with E-state index in [9.17, 15) is 4.79 Å². The number of rotatable bonds is 3. The van der Waals surface area contributed by atoms with E-state index < -0.39 is 5.54 Å². The Kier molecular flexibility index (Phi) is 6.48. The third kappa shape index (κ3) is 4.47. The van der Waals surface area contributed by atoms with Crippen LogP contribution in [0.25, 0.3) is 0 Å². The molecule has 0 spiro atoms. The molecule has 1 aromatic rings. The Morgan fingerprint density at radius 2 is 2.18 bits per heavy atom. The summed E-state index contributed by atoms with van der Waals surface area (Å²) in [6, 6.07) is 5.37. The maximum Gasteiger partial charge on any atom is 0.307 e. The Hall–Kier alpha value is -0.290. The zero-order chi connectivity index (χ0) is 12.3. The molecule has 6 heteroatoms. The maximum absolute atomic E-state index is 11.2. The van der Waals surface area contributed by atoms with E-state index in [-0.39, 0.29) is 24.8 Å². The number of methoxy groups -OCH3 is 1. The molecule has 1 atom stereocenters. The lowest BCUT2D eigenvalue weighted by atomic mass is 9.90. The molecule has 3 nitrogen and oxygen atoms in total. The molecule has 0 saturated carbocycles. The van der Waals surface area contributed by atoms with Crippen LogP contribution in [0.4, 0.5) is 0 Å². The lowest BCUT2D eigenvalue weighted by molar-refractivity contribution is -0.141. The molecule has 17 heavy (non-hydrogen) atoms. The molecule has 0 amide bonds. The number of ether oxygens (including phenoxy) is 1. The fourth-order valence-electron chi connectivity index (χ4n) is 1.40. The van der Waals surface area contributed by atoms with Crippen molar-refractivity contribution in [3.05, 3.63) is 33.3 Å². The van der Waals surface area contributed by atoms with Gasteiger partial charge in [-0.05, 0) is 30.7 Å². The molecular formula is C11H14BrCl2NO2. The molecular weight excluding hydrogens is 329 g/mol. The van der Waals surface area contributed by atoms with Crippen LogP contribution in [0.15, 0.2) is 22.7 Å². The van der Waals surface area contributed by atoms with Crippen molar-refractivity contribution in [3.63, 3.8) is 0 Å². The molecule has 0 radical (unpaired) electrons. The highest BCUT2D eigenvalue weighted by Crippen LogP contribution is 2.31. The zero-order valence-electron chi connectivity index (χ0n) is 9.50. The fraction of sp³-hybridized carbons (Fsp3) is 0.364. The highest BCUT2D eigenvalue weighted by atomic mass is 79.9. The second-order valence-electron chi connectivity index (χ2n) is 3.79. The molecule has 0 unspecified atom stereocenters. The summed E-state index contributed by atoms with van der Waals surface area (Å²) in [7, 11) is 1.33. The first-order valence-corrected chi connectivity index (χ1v) is 5.85. The quantitative estimate of drug-likeness (QED) is 0.858. The van der Waals surface area contributed by atoms with E-state index in [1.54, 1.807) is 13.0 Å². The molecule has 1 rings (SSSR count). The fourth-order valence-corrected chi connectivity index (χ4v) is 2.10. The average Bonchev–Trinajstić information content (AvgIpc) is 2.20. The highest BCUT2D eigenvalue weighted by molar-refractivity contribution is 9.10. The normalized spacial score (nSPS) is 13.5. The standard InChI is InChI=1S/C11H13BrClNO2.ClH/c1-11(14,6-10(15)16-2)8-5-7(12)3-4-9(8)13;/h3-5H,6,14H2,1-2H3;1H/t11-;/m0./s1. The van der Waals surface area contributed by atoms with E-state index in [2.05, 4.69) is 20.7 Å². The first kappa shape index (κ1) is 16.7. The minimum atomic E-state index is -0.839. The number of benzene rings is 1. The predicted octanol–water partition coefficient (Wildman–Crippen LogP) is 3.26. The Morgan fingerprint density at radius 3 is 2.71 bits per heavy atom. The van der Waals surface area contributed by atoms with E-state index in [0.717, 1.165) is 4.47 Å². The molecule has 0 aliphatic heterocycles. The van der Waals surface area contributed by atoms with Crippen LogP contribution < -0.4 is 5.73 Å². The van der Waals surface area contributed by atoms with Crippen molar-refractivity contribution in [1.82, 2.24) is 0 Å². The van der Waals surface area contributed by atoms with Crippen LogP contribution in [-0.4, -0.2) is 13.1 Å². The number of carbonyl (C=O) groups is 1. The van der Waals surface area contributed by atoms with Gasteiger partial charge in [-0.3, -0.25) is 4.79 Å². The number of hydrogen-bond donors (Lipinski definition) is 1. The van der Waals surface area contributed by atoms with Crippen molar-refractivity contribution in [2.75, 3.05) is 7.11 Å². The number of esters is 1. The average molecular weight is 343 g/mol. The zero-order valence-corrected chi connectivity index (χ0v) is 12.7. The van der Waals surface area contributed by atoms with Crippen molar-refractivity contribution < 1.29 is 9.53 Å². The van der Waals surface area contributed by atoms with Crippen LogP contribution in [-0.2, 0) is 15.1 Å². The molecule has 0 aromatic heterocycles. The molecule has 1 aromatic carbocycles. The number of carbonyl (C=O) groups excluding carboxylic acids is 1. The Bertz CT molecular complexity index is 410. The molecule has 0 bridgehead atoms. The van der Waals surface area contributed by atoms with Gasteiger partial charge in [0.2, 0.25) is 0 Å². The molecule has 2 N–H and O–H groups in total. The SMILES string of the molecule is COC(=O)C[C@](C)(N)c1cc(Br)ccc1Cl.Cl. The Balaban J connectivity index is 0.00000256. The van der Waals surface area contributed by atoms with Gasteiger partial charge in [0.1, 0.15) is 0 Å². The lowest BCUT2D eigenvalue weighted by Gasteiger charge is -2.25. The first-order chi connectivity index (χ1) is 7.36. The number of hydrogen-bond acceptors (Lipinski definition) is 3. The van der Waals surface area contributed by atoms with Gasteiger partial charge in [0, 0.05) is 9.50 Å². The van der Waals surface area contributed by atoms with Gasteiger partial charge < -0.3 is 10.5 Å². The summed E-state index contributed by atoms with van der Waals surface area (Å²) in [4.78, 5) is 11.2. The third-order valence-electron chi connectivity index (χ3n) is 2.28. The van der Waals surface area contributed by atoms with Gasteiger partial charge in [0.15, 0.2) is 0 Å².